The maximum absolute atomic E-state index is 11.0. The molecule has 0 spiro atoms. The number of rotatable bonds is 0. The molecular formula is C8H8N2O. The molecule has 56 valence electrons. The Hall–Kier alpha value is -1.69. The number of hydrogen-bond donors (Lipinski definition) is 2. The summed E-state index contributed by atoms with van der Waals surface area (Å²) in [6.45, 7) is 1.72. The van der Waals surface area contributed by atoms with Gasteiger partial charge in [0.05, 0.1) is 5.56 Å². The van der Waals surface area contributed by atoms with Crippen molar-refractivity contribution in [1.82, 2.24) is 4.98 Å². The number of hydrogen-bond acceptors (Lipinski definition) is 2. The van der Waals surface area contributed by atoms with Crippen LogP contribution in [0.4, 0.5) is 5.82 Å². The molecular weight excluding hydrogens is 140 g/mol. The van der Waals surface area contributed by atoms with Crippen LogP contribution in [0.25, 0.3) is 0 Å². The van der Waals surface area contributed by atoms with E-state index in [4.69, 9.17) is 12.2 Å². The molecule has 3 nitrogen and oxygen atoms in total. The number of terminal acetylenes is 1. The third-order valence-corrected chi connectivity index (χ3v) is 1.38. The monoisotopic (exact) mass is 148 g/mol. The number of aryl methyl sites for hydroxylation is 1. The van der Waals surface area contributed by atoms with E-state index in [-0.39, 0.29) is 5.43 Å². The molecule has 0 aliphatic heterocycles. The van der Waals surface area contributed by atoms with Crippen LogP contribution in [-0.4, -0.2) is 4.98 Å². The van der Waals surface area contributed by atoms with E-state index in [0.29, 0.717) is 17.1 Å². The molecule has 11 heavy (non-hydrogen) atoms. The SMILES string of the molecule is C#Cc1c(C)[nH]c(N)cc1=O. The summed E-state index contributed by atoms with van der Waals surface area (Å²) in [7, 11) is 0. The summed E-state index contributed by atoms with van der Waals surface area (Å²) >= 11 is 0. The lowest BCUT2D eigenvalue weighted by molar-refractivity contribution is 1.18. The topological polar surface area (TPSA) is 58.9 Å². The Morgan fingerprint density at radius 2 is 2.36 bits per heavy atom. The van der Waals surface area contributed by atoms with Crippen molar-refractivity contribution in [3.63, 3.8) is 0 Å². The second-order valence-electron chi connectivity index (χ2n) is 2.23. The molecule has 1 aromatic heterocycles. The second kappa shape index (κ2) is 2.51. The summed E-state index contributed by atoms with van der Waals surface area (Å²) in [5.74, 6) is 2.63. The molecule has 0 bridgehead atoms. The summed E-state index contributed by atoms with van der Waals surface area (Å²) in [5.41, 5.74) is 6.13. The highest BCUT2D eigenvalue weighted by molar-refractivity contribution is 5.41. The third-order valence-electron chi connectivity index (χ3n) is 1.38. The van der Waals surface area contributed by atoms with Gasteiger partial charge in [-0.3, -0.25) is 4.79 Å². The number of nitrogens with two attached hydrogens (primary N) is 1. The molecule has 0 amide bonds. The van der Waals surface area contributed by atoms with Crippen LogP contribution in [0.3, 0.4) is 0 Å². The van der Waals surface area contributed by atoms with E-state index in [1.54, 1.807) is 6.92 Å². The molecule has 1 aromatic rings. The van der Waals surface area contributed by atoms with E-state index in [0.717, 1.165) is 0 Å². The van der Waals surface area contributed by atoms with Crippen molar-refractivity contribution in [1.29, 1.82) is 0 Å². The summed E-state index contributed by atoms with van der Waals surface area (Å²) in [6.07, 6.45) is 5.09. The van der Waals surface area contributed by atoms with Crippen LogP contribution in [0.1, 0.15) is 11.3 Å². The largest absolute Gasteiger partial charge is 0.385 e. The van der Waals surface area contributed by atoms with Gasteiger partial charge >= 0.3 is 0 Å². The van der Waals surface area contributed by atoms with Crippen LogP contribution in [0, 0.1) is 19.3 Å². The van der Waals surface area contributed by atoms with Crippen LogP contribution < -0.4 is 11.2 Å². The van der Waals surface area contributed by atoms with Crippen molar-refractivity contribution in [3.05, 3.63) is 27.5 Å². The fourth-order valence-corrected chi connectivity index (χ4v) is 0.893. The van der Waals surface area contributed by atoms with Crippen LogP contribution in [0.15, 0.2) is 10.9 Å². The number of pyridine rings is 1. The molecule has 0 saturated heterocycles. The molecule has 0 fully saturated rings. The van der Waals surface area contributed by atoms with Gasteiger partial charge in [0.15, 0.2) is 5.43 Å². The van der Waals surface area contributed by atoms with Gasteiger partial charge in [-0.1, -0.05) is 5.92 Å². The Morgan fingerprint density at radius 3 is 2.82 bits per heavy atom. The Kier molecular flexibility index (Phi) is 1.69. The van der Waals surface area contributed by atoms with Gasteiger partial charge in [-0.05, 0) is 6.92 Å². The molecule has 0 unspecified atom stereocenters. The average Bonchev–Trinajstić information content (AvgIpc) is 1.85. The van der Waals surface area contributed by atoms with Crippen LogP contribution in [0.2, 0.25) is 0 Å². The predicted molar refractivity (Wildman–Crippen MR) is 44.1 cm³/mol. The number of aromatic amines is 1. The first-order valence-electron chi connectivity index (χ1n) is 3.11. The zero-order valence-corrected chi connectivity index (χ0v) is 6.14. The quantitative estimate of drug-likeness (QED) is 0.518. The van der Waals surface area contributed by atoms with Gasteiger partial charge in [0, 0.05) is 11.8 Å². The van der Waals surface area contributed by atoms with E-state index in [9.17, 15) is 4.79 Å². The average molecular weight is 148 g/mol. The fraction of sp³-hybridized carbons (Fsp3) is 0.125. The van der Waals surface area contributed by atoms with Gasteiger partial charge in [-0.15, -0.1) is 6.42 Å². The lowest BCUT2D eigenvalue weighted by atomic mass is 10.2. The molecule has 0 saturated carbocycles. The van der Waals surface area contributed by atoms with E-state index in [1.165, 1.54) is 6.07 Å². The van der Waals surface area contributed by atoms with Crippen molar-refractivity contribution < 1.29 is 0 Å². The van der Waals surface area contributed by atoms with E-state index in [1.807, 2.05) is 0 Å². The fourth-order valence-electron chi connectivity index (χ4n) is 0.893. The molecule has 0 atom stereocenters. The Bertz CT molecular complexity index is 371. The molecule has 0 radical (unpaired) electrons. The standard InChI is InChI=1S/C8H8N2O/c1-3-6-5(2)10-8(9)4-7(6)11/h1,4H,2H3,(H3,9,10,11). The number of anilines is 1. The van der Waals surface area contributed by atoms with Gasteiger partial charge in [-0.2, -0.15) is 0 Å². The predicted octanol–water partition coefficient (Wildman–Crippen LogP) is 0.247. The van der Waals surface area contributed by atoms with E-state index in [2.05, 4.69) is 10.9 Å². The van der Waals surface area contributed by atoms with Gasteiger partial charge in [-0.25, -0.2) is 0 Å². The molecule has 0 aromatic carbocycles. The lowest BCUT2D eigenvalue weighted by Crippen LogP contribution is -2.10. The third kappa shape index (κ3) is 1.24. The second-order valence-corrected chi connectivity index (χ2v) is 2.23. The van der Waals surface area contributed by atoms with Crippen LogP contribution >= 0.6 is 0 Å². The molecule has 3 N–H and O–H groups in total. The number of nitrogen functional groups attached to an aromatic ring is 1. The van der Waals surface area contributed by atoms with Crippen molar-refractivity contribution in [2.75, 3.05) is 5.73 Å². The van der Waals surface area contributed by atoms with Crippen molar-refractivity contribution in [2.24, 2.45) is 0 Å². The first kappa shape index (κ1) is 7.42. The maximum Gasteiger partial charge on any atom is 0.199 e. The summed E-state index contributed by atoms with van der Waals surface area (Å²) < 4.78 is 0. The van der Waals surface area contributed by atoms with Gasteiger partial charge in [0.2, 0.25) is 0 Å². The molecule has 1 rings (SSSR count). The normalized spacial score (nSPS) is 9.09. The van der Waals surface area contributed by atoms with Gasteiger partial charge < -0.3 is 10.7 Å². The van der Waals surface area contributed by atoms with Gasteiger partial charge in [0.25, 0.3) is 0 Å². The minimum Gasteiger partial charge on any atom is -0.385 e. The molecule has 3 heteroatoms. The van der Waals surface area contributed by atoms with Crippen molar-refractivity contribution in [2.45, 2.75) is 6.92 Å². The van der Waals surface area contributed by atoms with E-state index < -0.39 is 0 Å². The Labute approximate surface area is 64.2 Å². The zero-order valence-electron chi connectivity index (χ0n) is 6.14. The molecule has 1 heterocycles. The summed E-state index contributed by atoms with van der Waals surface area (Å²) in [5, 5.41) is 0. The minimum absolute atomic E-state index is 0.207. The highest BCUT2D eigenvalue weighted by Gasteiger charge is 2.00. The van der Waals surface area contributed by atoms with Crippen LogP contribution in [-0.2, 0) is 0 Å². The minimum atomic E-state index is -0.207. The Balaban J connectivity index is 3.53. The Morgan fingerprint density at radius 1 is 1.73 bits per heavy atom. The highest BCUT2D eigenvalue weighted by atomic mass is 16.1. The zero-order chi connectivity index (χ0) is 8.43. The van der Waals surface area contributed by atoms with Crippen molar-refractivity contribution in [3.8, 4) is 12.3 Å². The summed E-state index contributed by atoms with van der Waals surface area (Å²) in [4.78, 5) is 13.8. The van der Waals surface area contributed by atoms with Crippen LogP contribution in [0.5, 0.6) is 0 Å². The lowest BCUT2D eigenvalue weighted by Gasteiger charge is -1.98. The summed E-state index contributed by atoms with van der Waals surface area (Å²) in [6, 6.07) is 1.28. The number of aromatic nitrogens is 1. The molecule has 0 aliphatic carbocycles. The number of H-pyrrole nitrogens is 1. The first-order valence-corrected chi connectivity index (χ1v) is 3.11. The number of nitrogens with one attached hydrogen (secondary N) is 1. The first-order chi connectivity index (χ1) is 5.15. The maximum atomic E-state index is 11.0. The smallest absolute Gasteiger partial charge is 0.199 e. The van der Waals surface area contributed by atoms with E-state index >= 15 is 0 Å². The molecule has 0 aliphatic rings. The highest BCUT2D eigenvalue weighted by Crippen LogP contribution is 1.99. The van der Waals surface area contributed by atoms with Gasteiger partial charge in [0.1, 0.15) is 5.82 Å². The van der Waals surface area contributed by atoms with Crippen molar-refractivity contribution >= 4 is 5.82 Å².